The number of fused-ring (bicyclic) bond motifs is 9. The van der Waals surface area contributed by atoms with Gasteiger partial charge in [0, 0.05) is 0 Å². The van der Waals surface area contributed by atoms with Crippen molar-refractivity contribution >= 4 is 22.0 Å². The van der Waals surface area contributed by atoms with Gasteiger partial charge < -0.3 is 0 Å². The molecule has 0 heterocycles. The van der Waals surface area contributed by atoms with Gasteiger partial charge in [-0.15, -0.1) is 0 Å². The average Bonchev–Trinajstić information content (AvgIpc) is 3.77. The number of benzene rings is 7. The Hall–Kier alpha value is -4.66. The van der Waals surface area contributed by atoms with E-state index in [9.17, 15) is 0 Å². The third kappa shape index (κ3) is 3.46. The first-order valence-electron chi connectivity index (χ1n) is 16.5. The van der Waals surface area contributed by atoms with Crippen molar-refractivity contribution in [1.29, 1.82) is 0 Å². The topological polar surface area (TPSA) is 0 Å². The molecule has 0 amide bonds. The molecule has 0 N–H and O–H groups in total. The fourth-order valence-electron chi connectivity index (χ4n) is 9.74. The molecule has 7 aromatic rings. The summed E-state index contributed by atoms with van der Waals surface area (Å²) in [4.78, 5) is 0. The minimum atomic E-state index is -4.15. The summed E-state index contributed by atoms with van der Waals surface area (Å²) in [6.07, 6.45) is 0. The van der Waals surface area contributed by atoms with Gasteiger partial charge in [-0.05, 0) is 0 Å². The van der Waals surface area contributed by atoms with Crippen LogP contribution < -0.4 is 3.58 Å². The Labute approximate surface area is 274 Å². The van der Waals surface area contributed by atoms with Crippen LogP contribution in [0.1, 0.15) is 45.2 Å². The van der Waals surface area contributed by atoms with Crippen molar-refractivity contribution in [1.82, 2.24) is 0 Å². The second-order valence-corrected chi connectivity index (χ2v) is 25.0. The Bertz CT molecular complexity index is 1930. The molecule has 10 rings (SSSR count). The van der Waals surface area contributed by atoms with Crippen molar-refractivity contribution in [3.8, 4) is 33.4 Å². The van der Waals surface area contributed by atoms with Crippen molar-refractivity contribution in [2.45, 2.75) is 11.8 Å². The third-order valence-corrected chi connectivity index (χ3v) is 28.5. The molecular formula is C45H32Sn. The van der Waals surface area contributed by atoms with E-state index < -0.39 is 18.4 Å². The molecule has 0 aromatic heterocycles. The van der Waals surface area contributed by atoms with Gasteiger partial charge in [0.15, 0.2) is 0 Å². The first-order valence-corrected chi connectivity index (χ1v) is 22.8. The second-order valence-electron chi connectivity index (χ2n) is 13.1. The van der Waals surface area contributed by atoms with Crippen LogP contribution in [0.25, 0.3) is 33.4 Å². The molecule has 0 spiro atoms. The van der Waals surface area contributed by atoms with Crippen LogP contribution in [0.4, 0.5) is 0 Å². The van der Waals surface area contributed by atoms with Crippen molar-refractivity contribution in [2.75, 3.05) is 0 Å². The fraction of sp³-hybridized carbons (Fsp3) is 0.0667. The van der Waals surface area contributed by atoms with E-state index in [1.165, 1.54) is 66.8 Å². The molecule has 0 aliphatic heterocycles. The Morgan fingerprint density at radius 3 is 0.717 bits per heavy atom. The maximum atomic E-state index is 2.52. The molecule has 0 unspecified atom stereocenters. The molecule has 0 nitrogen and oxygen atoms in total. The molecule has 0 bridgehead atoms. The van der Waals surface area contributed by atoms with E-state index in [1.807, 2.05) is 0 Å². The van der Waals surface area contributed by atoms with E-state index in [0.717, 1.165) is 0 Å². The van der Waals surface area contributed by atoms with E-state index in [2.05, 4.69) is 176 Å². The first kappa shape index (κ1) is 26.5. The summed E-state index contributed by atoms with van der Waals surface area (Å²) in [6.45, 7) is 0. The quantitative estimate of drug-likeness (QED) is 0.161. The Morgan fingerprint density at radius 2 is 0.457 bits per heavy atom. The second kappa shape index (κ2) is 10.2. The predicted octanol–water partition coefficient (Wildman–Crippen LogP) is 10.4. The summed E-state index contributed by atoms with van der Waals surface area (Å²) in [6, 6.07) is 68.1. The zero-order chi connectivity index (χ0) is 30.2. The van der Waals surface area contributed by atoms with Crippen LogP contribution in [0.2, 0.25) is 0 Å². The van der Waals surface area contributed by atoms with Gasteiger partial charge in [-0.3, -0.25) is 0 Å². The van der Waals surface area contributed by atoms with Gasteiger partial charge in [-0.1, -0.05) is 0 Å². The SMILES string of the molecule is c1cc[c]([Sn]([CH]2c3ccccc3-c3ccccc32)([CH]2c3ccccc3-c3ccccc32)[CH]2c3ccccc3-c3ccccc32)cc1. The van der Waals surface area contributed by atoms with Crippen LogP contribution in [0, 0.1) is 0 Å². The number of hydrogen-bond acceptors (Lipinski definition) is 0. The molecule has 3 aliphatic carbocycles. The van der Waals surface area contributed by atoms with Gasteiger partial charge in [0.05, 0.1) is 0 Å². The average molecular weight is 691 g/mol. The van der Waals surface area contributed by atoms with E-state index in [4.69, 9.17) is 0 Å². The summed E-state index contributed by atoms with van der Waals surface area (Å²) in [7, 11) is 0. The molecule has 7 aromatic carbocycles. The van der Waals surface area contributed by atoms with Crippen LogP contribution >= 0.6 is 0 Å². The van der Waals surface area contributed by atoms with Gasteiger partial charge in [0.1, 0.15) is 0 Å². The summed E-state index contributed by atoms with van der Waals surface area (Å²) < 4.78 is 2.55. The van der Waals surface area contributed by atoms with E-state index in [-0.39, 0.29) is 0 Å². The molecule has 0 radical (unpaired) electrons. The molecule has 46 heavy (non-hydrogen) atoms. The Kier molecular flexibility index (Phi) is 5.87. The van der Waals surface area contributed by atoms with Crippen molar-refractivity contribution in [3.63, 3.8) is 0 Å². The van der Waals surface area contributed by atoms with Crippen LogP contribution in [0.15, 0.2) is 176 Å². The molecule has 3 aliphatic rings. The van der Waals surface area contributed by atoms with Crippen molar-refractivity contribution in [3.05, 3.63) is 209 Å². The molecule has 0 saturated carbocycles. The number of rotatable bonds is 4. The number of hydrogen-bond donors (Lipinski definition) is 0. The minimum absolute atomic E-state index is 0.317. The summed E-state index contributed by atoms with van der Waals surface area (Å²) >= 11 is -4.15. The Morgan fingerprint density at radius 1 is 0.239 bits per heavy atom. The summed E-state index contributed by atoms with van der Waals surface area (Å²) in [5.41, 5.74) is 17.6. The molecular weight excluding hydrogens is 659 g/mol. The standard InChI is InChI=1S/3C13H9.C6H5.Sn/c3*1-3-7-12-10(5-1)9-11-6-2-4-8-13(11)12;1-2-4-6-5-3-1;/h3*1-9H;1-5H;. The zero-order valence-corrected chi connectivity index (χ0v) is 28.3. The summed E-state index contributed by atoms with van der Waals surface area (Å²) in [5, 5.41) is 0. The van der Waals surface area contributed by atoms with E-state index in [1.54, 1.807) is 3.58 Å². The maximum absolute atomic E-state index is 4.15. The van der Waals surface area contributed by atoms with Crippen molar-refractivity contribution in [2.24, 2.45) is 0 Å². The first-order chi connectivity index (χ1) is 22.9. The van der Waals surface area contributed by atoms with Crippen LogP contribution in [-0.4, -0.2) is 18.4 Å². The van der Waals surface area contributed by atoms with Gasteiger partial charge >= 0.3 is 276 Å². The fourth-order valence-corrected chi connectivity index (χ4v) is 30.8. The zero-order valence-electron chi connectivity index (χ0n) is 25.5. The Balaban J connectivity index is 1.44. The van der Waals surface area contributed by atoms with Crippen LogP contribution in [-0.2, 0) is 0 Å². The molecule has 0 atom stereocenters. The van der Waals surface area contributed by atoms with Crippen molar-refractivity contribution < 1.29 is 0 Å². The molecule has 216 valence electrons. The van der Waals surface area contributed by atoms with Gasteiger partial charge in [-0.2, -0.15) is 0 Å². The molecule has 1 heteroatoms. The van der Waals surface area contributed by atoms with E-state index in [0.29, 0.717) is 11.8 Å². The summed E-state index contributed by atoms with van der Waals surface area (Å²) in [5.74, 6) is 0. The van der Waals surface area contributed by atoms with Crippen LogP contribution in [0.3, 0.4) is 0 Å². The monoisotopic (exact) mass is 692 g/mol. The molecule has 0 saturated heterocycles. The van der Waals surface area contributed by atoms with E-state index >= 15 is 0 Å². The van der Waals surface area contributed by atoms with Gasteiger partial charge in [-0.25, -0.2) is 0 Å². The normalized spacial score (nSPS) is 14.7. The van der Waals surface area contributed by atoms with Crippen LogP contribution in [0.5, 0.6) is 0 Å². The third-order valence-electron chi connectivity index (χ3n) is 11.2. The predicted molar refractivity (Wildman–Crippen MR) is 193 cm³/mol. The molecule has 0 fully saturated rings. The van der Waals surface area contributed by atoms with Gasteiger partial charge in [0.2, 0.25) is 0 Å². The van der Waals surface area contributed by atoms with Gasteiger partial charge in [0.25, 0.3) is 0 Å².